The summed E-state index contributed by atoms with van der Waals surface area (Å²) in [5.41, 5.74) is 5.72. The molecule has 284 valence electrons. The van der Waals surface area contributed by atoms with Crippen molar-refractivity contribution in [3.63, 3.8) is 0 Å². The van der Waals surface area contributed by atoms with Gasteiger partial charge in [0.1, 0.15) is 17.9 Å². The van der Waals surface area contributed by atoms with Gasteiger partial charge in [0.15, 0.2) is 29.2 Å². The molecule has 4 aromatic carbocycles. The van der Waals surface area contributed by atoms with Gasteiger partial charge in [0.2, 0.25) is 0 Å². The number of nitrogens with zero attached hydrogens (tertiary/aromatic N) is 2. The molecule has 5 aromatic rings. The van der Waals surface area contributed by atoms with Gasteiger partial charge in [-0.25, -0.2) is 0 Å². The molecule has 2 aliphatic rings. The fourth-order valence-corrected chi connectivity index (χ4v) is 8.27. The van der Waals surface area contributed by atoms with E-state index in [2.05, 4.69) is 34.2 Å². The Labute approximate surface area is 323 Å². The summed E-state index contributed by atoms with van der Waals surface area (Å²) >= 11 is 0. The molecule has 1 aromatic heterocycles. The summed E-state index contributed by atoms with van der Waals surface area (Å²) in [5.74, 6) is 0.221. The van der Waals surface area contributed by atoms with Crippen molar-refractivity contribution in [3.05, 3.63) is 137 Å². The van der Waals surface area contributed by atoms with Crippen molar-refractivity contribution in [2.24, 2.45) is 16.8 Å². The highest BCUT2D eigenvalue weighted by Gasteiger charge is 2.31. The van der Waals surface area contributed by atoms with Crippen LogP contribution in [-0.2, 0) is 30.5 Å². The third-order valence-electron chi connectivity index (χ3n) is 11.2. The Hall–Kier alpha value is -5.47. The molecule has 0 amide bonds. The standard InChI is InChI=1S/C47H50N2O6/c1-54-47-41(27-35-10-7-9-34-8-5-6-13-40(34)35)36(15-17-43(47)51)26-38(24-33-19-21-49-30-33)45(53)28-44(52)37(23-32-18-20-48-29-32)22-31-14-16-42(50)46(25-31)55-39-11-3-2-4-12-39/h5-10,13-21,25,29-30,37-39,45,50-51,53H,2-4,11-12,22-24,26-28H2,1H3/t37-,38-,45+/m0/s1. The minimum absolute atomic E-state index is 0.0327. The van der Waals surface area contributed by atoms with E-state index in [1.165, 1.54) is 6.42 Å². The number of aliphatic hydroxyl groups is 1. The van der Waals surface area contributed by atoms with Gasteiger partial charge in [0.05, 0.1) is 25.4 Å². The molecule has 8 heteroatoms. The molecule has 8 nitrogen and oxygen atoms in total. The average Bonchev–Trinajstić information content (AvgIpc) is 3.92. The van der Waals surface area contributed by atoms with Crippen LogP contribution in [0.3, 0.4) is 0 Å². The second kappa shape index (κ2) is 17.8. The van der Waals surface area contributed by atoms with Crippen LogP contribution in [0.1, 0.15) is 72.8 Å². The first-order chi connectivity index (χ1) is 26.8. The van der Waals surface area contributed by atoms with E-state index in [-0.39, 0.29) is 35.7 Å². The maximum absolute atomic E-state index is 14.4. The van der Waals surface area contributed by atoms with Crippen LogP contribution in [0, 0.1) is 18.4 Å². The van der Waals surface area contributed by atoms with Gasteiger partial charge in [-0.1, -0.05) is 72.6 Å². The molecule has 3 atom stereocenters. The van der Waals surface area contributed by atoms with Crippen molar-refractivity contribution < 1.29 is 29.6 Å². The summed E-state index contributed by atoms with van der Waals surface area (Å²) in [4.78, 5) is 22.9. The summed E-state index contributed by atoms with van der Waals surface area (Å²) < 4.78 is 12.1. The maximum atomic E-state index is 14.4. The fourth-order valence-electron chi connectivity index (χ4n) is 8.27. The first-order valence-electron chi connectivity index (χ1n) is 19.5. The third kappa shape index (κ3) is 9.43. The minimum atomic E-state index is -0.960. The number of phenols is 2. The molecule has 1 aliphatic heterocycles. The van der Waals surface area contributed by atoms with Crippen LogP contribution in [0.4, 0.5) is 0 Å². The largest absolute Gasteiger partial charge is 0.670 e. The lowest BCUT2D eigenvalue weighted by Gasteiger charge is -2.26. The highest BCUT2D eigenvalue weighted by atomic mass is 16.5. The minimum Gasteiger partial charge on any atom is -0.670 e. The fraction of sp³-hybridized carbons (Fsp3) is 0.340. The number of rotatable bonds is 17. The van der Waals surface area contributed by atoms with E-state index in [1.54, 1.807) is 44.4 Å². The predicted octanol–water partition coefficient (Wildman–Crippen LogP) is 8.66. The Morgan fingerprint density at radius 1 is 0.891 bits per heavy atom. The van der Waals surface area contributed by atoms with Crippen LogP contribution in [0.5, 0.6) is 23.0 Å². The number of allylic oxidation sites excluding steroid dienone is 1. The molecule has 0 spiro atoms. The first-order valence-corrected chi connectivity index (χ1v) is 19.5. The van der Waals surface area contributed by atoms with E-state index in [0.717, 1.165) is 69.8 Å². The topological polar surface area (TPSA) is 123 Å². The number of aliphatic imine (C=N–C) groups is 1. The van der Waals surface area contributed by atoms with Gasteiger partial charge in [0.25, 0.3) is 0 Å². The molecule has 1 saturated carbocycles. The zero-order chi connectivity index (χ0) is 38.1. The van der Waals surface area contributed by atoms with Gasteiger partial charge < -0.3 is 29.8 Å². The molecule has 0 bridgehead atoms. The smallest absolute Gasteiger partial charge is 0.176 e. The van der Waals surface area contributed by atoms with Crippen LogP contribution in [-0.4, -0.2) is 46.6 Å². The Morgan fingerprint density at radius 2 is 1.71 bits per heavy atom. The van der Waals surface area contributed by atoms with E-state index in [0.29, 0.717) is 43.6 Å². The number of fused-ring (bicyclic) bond motifs is 1. The zero-order valence-corrected chi connectivity index (χ0v) is 31.4. The number of carbonyl (C=O) groups is 1. The molecule has 0 radical (unpaired) electrons. The number of hydrogen-bond acceptors (Lipinski definition) is 7. The normalized spacial score (nSPS) is 16.0. The molecule has 2 heterocycles. The number of benzene rings is 4. The van der Waals surface area contributed by atoms with Crippen LogP contribution in [0.2, 0.25) is 0 Å². The molecular weight excluding hydrogens is 689 g/mol. The maximum Gasteiger partial charge on any atom is 0.176 e. The first kappa shape index (κ1) is 37.8. The third-order valence-corrected chi connectivity index (χ3v) is 11.2. The van der Waals surface area contributed by atoms with E-state index in [9.17, 15) is 20.1 Å². The number of methoxy groups -OCH3 is 1. The Kier molecular flexibility index (Phi) is 12.2. The predicted molar refractivity (Wildman–Crippen MR) is 216 cm³/mol. The second-order valence-corrected chi connectivity index (χ2v) is 15.1. The van der Waals surface area contributed by atoms with Gasteiger partial charge in [-0.2, -0.15) is 12.4 Å². The Morgan fingerprint density at radius 3 is 2.49 bits per heavy atom. The van der Waals surface area contributed by atoms with Crippen LogP contribution < -0.4 is 14.5 Å². The highest BCUT2D eigenvalue weighted by molar-refractivity contribution is 5.87. The summed E-state index contributed by atoms with van der Waals surface area (Å²) in [5, 5.41) is 35.9. The lowest BCUT2D eigenvalue weighted by Crippen LogP contribution is -2.31. The number of carbonyl (C=O) groups excluding carboxylic acids is 1. The van der Waals surface area contributed by atoms with Crippen molar-refractivity contribution >= 4 is 22.8 Å². The lowest BCUT2D eigenvalue weighted by molar-refractivity contribution is -0.125. The van der Waals surface area contributed by atoms with Crippen LogP contribution >= 0.6 is 0 Å². The highest BCUT2D eigenvalue weighted by Crippen LogP contribution is 2.38. The Balaban J connectivity index is 1.14. The molecule has 0 unspecified atom stereocenters. The molecule has 55 heavy (non-hydrogen) atoms. The molecule has 1 fully saturated rings. The molecule has 3 N–H and O–H groups in total. The number of aromatic hydroxyl groups is 2. The average molecular weight is 739 g/mol. The second-order valence-electron chi connectivity index (χ2n) is 15.1. The van der Waals surface area contributed by atoms with Crippen molar-refractivity contribution in [2.75, 3.05) is 7.11 Å². The SMILES string of the molecule is COc1c(O)ccc(C[C@H](Cc2cc[n-]c2)[C@H](O)CC(=O)[C@H](CC2=C[CH+]N=C2)Cc2ccc(O)c(OC3CCCCC3)c2)c1Cc1cccc2ccccc12. The van der Waals surface area contributed by atoms with E-state index < -0.39 is 12.0 Å². The number of aliphatic hydroxyl groups excluding tert-OH is 1. The Bertz CT molecular complexity index is 2130. The molecule has 0 saturated heterocycles. The number of hydrogen-bond donors (Lipinski definition) is 3. The van der Waals surface area contributed by atoms with Crippen molar-refractivity contribution in [1.82, 2.24) is 4.98 Å². The molecular formula is C47H50N2O6. The summed E-state index contributed by atoms with van der Waals surface area (Å²) in [6.07, 6.45) is 14.1. The summed E-state index contributed by atoms with van der Waals surface area (Å²) in [6.45, 7) is 1.73. The quantitative estimate of drug-likeness (QED) is 0.0817. The number of ketones is 1. The number of Topliss-reactive ketones (excluding diaryl/α,β-unsaturated/α-hetero) is 1. The van der Waals surface area contributed by atoms with Crippen LogP contribution in [0.25, 0.3) is 10.8 Å². The summed E-state index contributed by atoms with van der Waals surface area (Å²) in [6, 6.07) is 25.3. The number of ether oxygens (including phenoxy) is 2. The monoisotopic (exact) mass is 738 g/mol. The van der Waals surface area contributed by atoms with Gasteiger partial charge in [-0.3, -0.25) is 4.79 Å². The van der Waals surface area contributed by atoms with E-state index in [1.807, 2.05) is 48.5 Å². The van der Waals surface area contributed by atoms with Crippen molar-refractivity contribution in [1.29, 1.82) is 0 Å². The van der Waals surface area contributed by atoms with E-state index >= 15 is 0 Å². The van der Waals surface area contributed by atoms with Gasteiger partial charge in [0, 0.05) is 30.7 Å². The summed E-state index contributed by atoms with van der Waals surface area (Å²) in [7, 11) is 1.56. The van der Waals surface area contributed by atoms with Crippen molar-refractivity contribution in [2.45, 2.75) is 82.8 Å². The lowest BCUT2D eigenvalue weighted by atomic mass is 9.81. The van der Waals surface area contributed by atoms with Gasteiger partial charge in [-0.05, 0) is 96.5 Å². The molecule has 7 rings (SSSR count). The zero-order valence-electron chi connectivity index (χ0n) is 31.4. The van der Waals surface area contributed by atoms with E-state index in [4.69, 9.17) is 9.47 Å². The van der Waals surface area contributed by atoms with Crippen LogP contribution in [0.15, 0.2) is 108 Å². The molecule has 1 aliphatic carbocycles. The number of aromatic nitrogens is 1. The van der Waals surface area contributed by atoms with Crippen molar-refractivity contribution in [3.8, 4) is 23.0 Å². The van der Waals surface area contributed by atoms with Gasteiger partial charge in [-0.15, -0.1) is 4.99 Å². The van der Waals surface area contributed by atoms with Gasteiger partial charge >= 0.3 is 0 Å². The number of phenolic OH excluding ortho intramolecular Hbond substituents is 2.